The number of fused-ring (bicyclic) bond motifs is 10. The van der Waals surface area contributed by atoms with E-state index in [9.17, 15) is 0 Å². The molecule has 1 spiro atoms. The molecule has 0 amide bonds. The van der Waals surface area contributed by atoms with Gasteiger partial charge in [0, 0.05) is 22.4 Å². The predicted molar refractivity (Wildman–Crippen MR) is 253 cm³/mol. The molecule has 0 radical (unpaired) electrons. The first-order valence-electron chi connectivity index (χ1n) is 21.4. The summed E-state index contributed by atoms with van der Waals surface area (Å²) in [5.41, 5.74) is 23.9. The minimum atomic E-state index is -0.474. The largest absolute Gasteiger partial charge is 0.310 e. The quantitative estimate of drug-likeness (QED) is 0.156. The number of hydrogen-bond acceptors (Lipinski definition) is 1. The Hall–Kier alpha value is -6.96. The maximum atomic E-state index is 2.51. The van der Waals surface area contributed by atoms with Crippen LogP contribution in [0.4, 0.5) is 17.1 Å². The maximum Gasteiger partial charge on any atom is 0.0728 e. The fraction of sp³-hybridized carbons (Fsp3) is 0.119. The first-order valence-corrected chi connectivity index (χ1v) is 21.4. The summed E-state index contributed by atoms with van der Waals surface area (Å²) in [6.07, 6.45) is 3.39. The highest BCUT2D eigenvalue weighted by Crippen LogP contribution is 2.65. The molecule has 1 nitrogen and oxygen atoms in total. The molecule has 0 aliphatic heterocycles. The van der Waals surface area contributed by atoms with Crippen LogP contribution >= 0.6 is 0 Å². The molecule has 3 aliphatic carbocycles. The van der Waals surface area contributed by atoms with Crippen LogP contribution in [0.1, 0.15) is 73.1 Å². The summed E-state index contributed by atoms with van der Waals surface area (Å²) < 4.78 is 0. The molecule has 0 N–H and O–H groups in total. The molecule has 3 aliphatic rings. The van der Waals surface area contributed by atoms with Gasteiger partial charge in [-0.3, -0.25) is 0 Å². The standard InChI is InChI=1S/C59H47N/c1-5-20-46(41-23-10-7-11-24-41)57-39(2)44-25-12-17-30-52(44)59(57)53-31-18-14-28-48(53)50-37-42(34-36-54(50)59)60(56-32-19-15-26-45(56)40-21-8-6-9-22-40)43-33-35-49-47-27-13-16-29-51(47)58(3,4)55(49)38-43/h6-38H,5H2,1-4H3/b46-20-. The van der Waals surface area contributed by atoms with Crippen molar-refractivity contribution in [1.82, 2.24) is 0 Å². The van der Waals surface area contributed by atoms with Crippen LogP contribution in [0.2, 0.25) is 0 Å². The summed E-state index contributed by atoms with van der Waals surface area (Å²) in [6, 6.07) is 72.5. The van der Waals surface area contributed by atoms with Crippen LogP contribution in [0.5, 0.6) is 0 Å². The van der Waals surface area contributed by atoms with Gasteiger partial charge in [0.15, 0.2) is 0 Å². The van der Waals surface area contributed by atoms with E-state index in [4.69, 9.17) is 0 Å². The number of rotatable bonds is 7. The number of nitrogens with zero attached hydrogens (tertiary/aromatic N) is 1. The van der Waals surface area contributed by atoms with Crippen LogP contribution in [-0.4, -0.2) is 0 Å². The fourth-order valence-electron chi connectivity index (χ4n) is 11.0. The first-order chi connectivity index (χ1) is 29.4. The number of anilines is 3. The minimum Gasteiger partial charge on any atom is -0.310 e. The van der Waals surface area contributed by atoms with E-state index < -0.39 is 5.41 Å². The van der Waals surface area contributed by atoms with E-state index >= 15 is 0 Å². The van der Waals surface area contributed by atoms with Crippen molar-refractivity contribution >= 4 is 28.2 Å². The van der Waals surface area contributed by atoms with Gasteiger partial charge in [0.1, 0.15) is 0 Å². The van der Waals surface area contributed by atoms with Crippen LogP contribution in [0.25, 0.3) is 44.5 Å². The summed E-state index contributed by atoms with van der Waals surface area (Å²) in [4.78, 5) is 2.51. The summed E-state index contributed by atoms with van der Waals surface area (Å²) in [5, 5.41) is 0. The van der Waals surface area contributed by atoms with Gasteiger partial charge < -0.3 is 4.90 Å². The SMILES string of the molecule is CC/C=C(\C1=C(C)c2ccccc2C12c1ccccc1-c1cc(N(c3ccc4c(c3)C(C)(C)c3ccccc3-4)c3ccccc3-c3ccccc3)ccc12)c1ccccc1. The van der Waals surface area contributed by atoms with Gasteiger partial charge in [-0.05, 0) is 127 Å². The number of benzene rings is 8. The first kappa shape index (κ1) is 36.1. The molecule has 0 bridgehead atoms. The number of para-hydroxylation sites is 1. The Balaban J connectivity index is 1.18. The molecule has 1 heteroatoms. The molecule has 0 saturated heterocycles. The van der Waals surface area contributed by atoms with Crippen LogP contribution in [-0.2, 0) is 10.8 Å². The van der Waals surface area contributed by atoms with Gasteiger partial charge in [0.25, 0.3) is 0 Å². The fourth-order valence-corrected chi connectivity index (χ4v) is 11.0. The Morgan fingerprint density at radius 2 is 0.983 bits per heavy atom. The molecule has 0 fully saturated rings. The molecule has 0 heterocycles. The molecule has 60 heavy (non-hydrogen) atoms. The lowest BCUT2D eigenvalue weighted by Gasteiger charge is -2.35. The smallest absolute Gasteiger partial charge is 0.0728 e. The van der Waals surface area contributed by atoms with Crippen LogP contribution in [0, 0.1) is 0 Å². The summed E-state index contributed by atoms with van der Waals surface area (Å²) in [7, 11) is 0. The molecule has 1 unspecified atom stereocenters. The molecule has 1 atom stereocenters. The van der Waals surface area contributed by atoms with E-state index in [2.05, 4.69) is 233 Å². The highest BCUT2D eigenvalue weighted by Gasteiger charge is 2.53. The second kappa shape index (κ2) is 13.8. The Bertz CT molecular complexity index is 3050. The topological polar surface area (TPSA) is 3.24 Å². The second-order valence-corrected chi connectivity index (χ2v) is 17.1. The molecule has 0 aromatic heterocycles. The molecule has 8 aromatic carbocycles. The van der Waals surface area contributed by atoms with Crippen molar-refractivity contribution in [3.8, 4) is 33.4 Å². The molecular formula is C59H47N. The minimum absolute atomic E-state index is 0.130. The monoisotopic (exact) mass is 769 g/mol. The van der Waals surface area contributed by atoms with E-state index in [0.29, 0.717) is 0 Å². The van der Waals surface area contributed by atoms with E-state index in [0.717, 1.165) is 23.5 Å². The average Bonchev–Trinajstić information content (AvgIpc) is 3.83. The van der Waals surface area contributed by atoms with Crippen molar-refractivity contribution in [1.29, 1.82) is 0 Å². The lowest BCUT2D eigenvalue weighted by molar-refractivity contribution is 0.660. The zero-order chi connectivity index (χ0) is 40.6. The van der Waals surface area contributed by atoms with Crippen LogP contribution < -0.4 is 4.90 Å². The molecule has 288 valence electrons. The lowest BCUT2D eigenvalue weighted by Crippen LogP contribution is -2.28. The summed E-state index contributed by atoms with van der Waals surface area (Å²) >= 11 is 0. The predicted octanol–water partition coefficient (Wildman–Crippen LogP) is 15.7. The normalized spacial score (nSPS) is 16.6. The molecule has 8 aromatic rings. The number of allylic oxidation sites excluding steroid dienone is 4. The Morgan fingerprint density at radius 3 is 1.70 bits per heavy atom. The molecular weight excluding hydrogens is 723 g/mol. The van der Waals surface area contributed by atoms with Gasteiger partial charge in [-0.15, -0.1) is 0 Å². The lowest BCUT2D eigenvalue weighted by atomic mass is 9.66. The van der Waals surface area contributed by atoms with E-state index in [-0.39, 0.29) is 5.41 Å². The Kier molecular flexibility index (Phi) is 8.33. The maximum absolute atomic E-state index is 2.51. The van der Waals surface area contributed by atoms with Crippen LogP contribution in [0.15, 0.2) is 206 Å². The van der Waals surface area contributed by atoms with E-state index in [1.165, 1.54) is 89.0 Å². The van der Waals surface area contributed by atoms with Crippen molar-refractivity contribution in [2.75, 3.05) is 4.90 Å². The highest BCUT2D eigenvalue weighted by molar-refractivity contribution is 6.04. The van der Waals surface area contributed by atoms with Gasteiger partial charge in [0.05, 0.1) is 11.1 Å². The highest BCUT2D eigenvalue weighted by atomic mass is 15.1. The zero-order valence-corrected chi connectivity index (χ0v) is 34.7. The summed E-state index contributed by atoms with van der Waals surface area (Å²) in [5.74, 6) is 0. The Morgan fingerprint density at radius 1 is 0.467 bits per heavy atom. The zero-order valence-electron chi connectivity index (χ0n) is 34.7. The van der Waals surface area contributed by atoms with E-state index in [1.807, 2.05) is 0 Å². The third kappa shape index (κ3) is 5.12. The van der Waals surface area contributed by atoms with Gasteiger partial charge in [0.2, 0.25) is 0 Å². The molecule has 0 saturated carbocycles. The van der Waals surface area contributed by atoms with Crippen molar-refractivity contribution in [3.05, 3.63) is 245 Å². The molecule has 11 rings (SSSR count). The van der Waals surface area contributed by atoms with Crippen molar-refractivity contribution in [2.24, 2.45) is 0 Å². The van der Waals surface area contributed by atoms with E-state index in [1.54, 1.807) is 0 Å². The van der Waals surface area contributed by atoms with Gasteiger partial charge in [-0.2, -0.15) is 0 Å². The third-order valence-corrected chi connectivity index (χ3v) is 13.6. The van der Waals surface area contributed by atoms with Crippen molar-refractivity contribution < 1.29 is 0 Å². The van der Waals surface area contributed by atoms with Gasteiger partial charge >= 0.3 is 0 Å². The number of hydrogen-bond donors (Lipinski definition) is 0. The van der Waals surface area contributed by atoms with Crippen molar-refractivity contribution in [3.63, 3.8) is 0 Å². The third-order valence-electron chi connectivity index (χ3n) is 13.6. The average molecular weight is 770 g/mol. The summed E-state index contributed by atoms with van der Waals surface area (Å²) in [6.45, 7) is 9.36. The van der Waals surface area contributed by atoms with Gasteiger partial charge in [-0.1, -0.05) is 191 Å². The second-order valence-electron chi connectivity index (χ2n) is 17.1. The van der Waals surface area contributed by atoms with Gasteiger partial charge in [-0.25, -0.2) is 0 Å². The van der Waals surface area contributed by atoms with Crippen LogP contribution in [0.3, 0.4) is 0 Å². The Labute approximate surface area is 354 Å². The van der Waals surface area contributed by atoms with Crippen molar-refractivity contribution in [2.45, 2.75) is 44.9 Å².